The molecule has 0 saturated heterocycles. The van der Waals surface area contributed by atoms with Gasteiger partial charge >= 0.3 is 0 Å². The van der Waals surface area contributed by atoms with E-state index in [-0.39, 0.29) is 0 Å². The maximum absolute atomic E-state index is 3.53. The van der Waals surface area contributed by atoms with Crippen molar-refractivity contribution in [1.29, 1.82) is 0 Å². The third kappa shape index (κ3) is 8.75. The minimum atomic E-state index is 0.761. The average Bonchev–Trinajstić information content (AvgIpc) is 2.37. The molecule has 0 radical (unpaired) electrons. The zero-order chi connectivity index (χ0) is 13.8. The molecule has 0 heterocycles. The van der Waals surface area contributed by atoms with Gasteiger partial charge in [-0.2, -0.15) is 0 Å². The average molecular weight is 284 g/mol. The molecule has 1 aliphatic carbocycles. The number of hydrogen-bond donors (Lipinski definition) is 1. The second-order valence-electron chi connectivity index (χ2n) is 5.80. The molecule has 1 aliphatic rings. The van der Waals surface area contributed by atoms with Crippen molar-refractivity contribution in [2.24, 2.45) is 0 Å². The lowest BCUT2D eigenvalue weighted by Gasteiger charge is -2.25. The lowest BCUT2D eigenvalue weighted by Crippen LogP contribution is -2.18. The Hall–Kier alpha value is 0.0500. The standard InChI is InChI=1S/C17H33NS/c1-3-5-7-9-11-13-18-19-17-14-16(15-17)12-10-8-6-4-2/h14,17-18H,3-13,15H2,1-2H3. The van der Waals surface area contributed by atoms with Crippen molar-refractivity contribution < 1.29 is 0 Å². The summed E-state index contributed by atoms with van der Waals surface area (Å²) in [7, 11) is 0. The first kappa shape index (κ1) is 17.1. The van der Waals surface area contributed by atoms with Gasteiger partial charge in [-0.25, -0.2) is 0 Å². The van der Waals surface area contributed by atoms with E-state index in [0.717, 1.165) is 5.25 Å². The molecule has 0 fully saturated rings. The molecule has 0 aromatic rings. The van der Waals surface area contributed by atoms with Gasteiger partial charge in [0.25, 0.3) is 0 Å². The Kier molecular flexibility index (Phi) is 10.7. The molecule has 0 bridgehead atoms. The lowest BCUT2D eigenvalue weighted by molar-refractivity contribution is 0.628. The van der Waals surface area contributed by atoms with Gasteiger partial charge < -0.3 is 0 Å². The smallest absolute Gasteiger partial charge is 0.0412 e. The van der Waals surface area contributed by atoms with Gasteiger partial charge in [-0.3, -0.25) is 4.72 Å². The van der Waals surface area contributed by atoms with Crippen LogP contribution < -0.4 is 4.72 Å². The molecule has 1 rings (SSSR count). The van der Waals surface area contributed by atoms with E-state index in [1.807, 2.05) is 11.9 Å². The highest BCUT2D eigenvalue weighted by Crippen LogP contribution is 2.31. The Balaban J connectivity index is 1.84. The minimum Gasteiger partial charge on any atom is -0.264 e. The van der Waals surface area contributed by atoms with E-state index in [0.29, 0.717) is 0 Å². The molecular weight excluding hydrogens is 250 g/mol. The van der Waals surface area contributed by atoms with Gasteiger partial charge in [0.2, 0.25) is 0 Å². The first-order valence-corrected chi connectivity index (χ1v) is 9.32. The predicted octanol–water partition coefficient (Wildman–Crippen LogP) is 5.86. The minimum absolute atomic E-state index is 0.761. The summed E-state index contributed by atoms with van der Waals surface area (Å²) in [6.07, 6.45) is 17.6. The van der Waals surface area contributed by atoms with E-state index >= 15 is 0 Å². The summed E-state index contributed by atoms with van der Waals surface area (Å²) < 4.78 is 3.53. The van der Waals surface area contributed by atoms with Crippen LogP contribution in [0, 0.1) is 0 Å². The van der Waals surface area contributed by atoms with Gasteiger partial charge in [-0.05, 0) is 25.7 Å². The molecule has 0 amide bonds. The van der Waals surface area contributed by atoms with E-state index in [1.54, 1.807) is 5.57 Å². The molecule has 19 heavy (non-hydrogen) atoms. The maximum Gasteiger partial charge on any atom is 0.0412 e. The van der Waals surface area contributed by atoms with Gasteiger partial charge in [0, 0.05) is 11.8 Å². The van der Waals surface area contributed by atoms with E-state index in [9.17, 15) is 0 Å². The van der Waals surface area contributed by atoms with Crippen molar-refractivity contribution in [3.05, 3.63) is 11.6 Å². The second kappa shape index (κ2) is 11.8. The Labute approximate surface area is 125 Å². The van der Waals surface area contributed by atoms with Crippen molar-refractivity contribution in [3.63, 3.8) is 0 Å². The van der Waals surface area contributed by atoms with Gasteiger partial charge in [-0.1, -0.05) is 82.4 Å². The fourth-order valence-electron chi connectivity index (χ4n) is 2.49. The summed E-state index contributed by atoms with van der Waals surface area (Å²) in [6.45, 7) is 5.74. The zero-order valence-electron chi connectivity index (χ0n) is 13.0. The van der Waals surface area contributed by atoms with E-state index < -0.39 is 0 Å². The molecule has 0 spiro atoms. The van der Waals surface area contributed by atoms with Gasteiger partial charge in [0.1, 0.15) is 0 Å². The molecule has 1 unspecified atom stereocenters. The maximum atomic E-state index is 3.53. The third-order valence-electron chi connectivity index (χ3n) is 3.85. The topological polar surface area (TPSA) is 12.0 Å². The van der Waals surface area contributed by atoms with Crippen LogP contribution in [0.15, 0.2) is 11.6 Å². The van der Waals surface area contributed by atoms with Crippen LogP contribution in [0.3, 0.4) is 0 Å². The van der Waals surface area contributed by atoms with Crippen molar-refractivity contribution in [2.45, 2.75) is 89.7 Å². The molecule has 2 heteroatoms. The summed E-state index contributed by atoms with van der Waals surface area (Å²) in [5.74, 6) is 0. The van der Waals surface area contributed by atoms with Crippen LogP contribution in [0.1, 0.15) is 84.5 Å². The molecule has 0 aliphatic heterocycles. The number of unbranched alkanes of at least 4 members (excludes halogenated alkanes) is 7. The van der Waals surface area contributed by atoms with Crippen LogP contribution in [0.5, 0.6) is 0 Å². The highest BCUT2D eigenvalue weighted by Gasteiger charge is 2.18. The molecule has 1 nitrogen and oxygen atoms in total. The predicted molar refractivity (Wildman–Crippen MR) is 89.6 cm³/mol. The van der Waals surface area contributed by atoms with Crippen molar-refractivity contribution in [1.82, 2.24) is 4.72 Å². The summed E-state index contributed by atoms with van der Waals surface area (Å²) >= 11 is 1.95. The Morgan fingerprint density at radius 1 is 1.00 bits per heavy atom. The molecule has 1 N–H and O–H groups in total. The van der Waals surface area contributed by atoms with Crippen molar-refractivity contribution in [2.75, 3.05) is 6.54 Å². The van der Waals surface area contributed by atoms with E-state index in [2.05, 4.69) is 24.6 Å². The number of hydrogen-bond acceptors (Lipinski definition) is 2. The summed E-state index contributed by atoms with van der Waals surface area (Å²) in [4.78, 5) is 0. The first-order valence-electron chi connectivity index (χ1n) is 8.44. The molecular formula is C17H33NS. The fourth-order valence-corrected chi connectivity index (χ4v) is 3.53. The lowest BCUT2D eigenvalue weighted by atomic mass is 9.93. The van der Waals surface area contributed by atoms with E-state index in [1.165, 1.54) is 77.2 Å². The van der Waals surface area contributed by atoms with Crippen LogP contribution in [-0.4, -0.2) is 11.8 Å². The van der Waals surface area contributed by atoms with Crippen LogP contribution in [-0.2, 0) is 0 Å². The molecule has 112 valence electrons. The summed E-state index contributed by atoms with van der Waals surface area (Å²) in [6, 6.07) is 0. The van der Waals surface area contributed by atoms with Crippen LogP contribution in [0.25, 0.3) is 0 Å². The monoisotopic (exact) mass is 283 g/mol. The number of allylic oxidation sites excluding steroid dienone is 1. The third-order valence-corrected chi connectivity index (χ3v) is 4.83. The van der Waals surface area contributed by atoms with Gasteiger partial charge in [0.15, 0.2) is 0 Å². The van der Waals surface area contributed by atoms with Crippen molar-refractivity contribution in [3.8, 4) is 0 Å². The first-order chi connectivity index (χ1) is 9.36. The highest BCUT2D eigenvalue weighted by molar-refractivity contribution is 7.98. The zero-order valence-corrected chi connectivity index (χ0v) is 13.9. The quantitative estimate of drug-likeness (QED) is 0.258. The van der Waals surface area contributed by atoms with Crippen LogP contribution >= 0.6 is 11.9 Å². The van der Waals surface area contributed by atoms with Crippen LogP contribution in [0.4, 0.5) is 0 Å². The summed E-state index contributed by atoms with van der Waals surface area (Å²) in [5.41, 5.74) is 1.71. The normalized spacial score (nSPS) is 18.2. The Morgan fingerprint density at radius 3 is 2.32 bits per heavy atom. The number of rotatable bonds is 13. The van der Waals surface area contributed by atoms with E-state index in [4.69, 9.17) is 0 Å². The number of nitrogens with one attached hydrogen (secondary N) is 1. The largest absolute Gasteiger partial charge is 0.264 e. The molecule has 0 saturated carbocycles. The molecule has 0 aromatic carbocycles. The Bertz CT molecular complexity index is 237. The highest BCUT2D eigenvalue weighted by atomic mass is 32.2. The fraction of sp³-hybridized carbons (Fsp3) is 0.882. The second-order valence-corrected chi connectivity index (χ2v) is 6.93. The molecule has 1 atom stereocenters. The summed E-state index contributed by atoms with van der Waals surface area (Å²) in [5, 5.41) is 0.761. The SMILES string of the molecule is CCCCCCCNSC1C=C(CCCCCC)C1. The van der Waals surface area contributed by atoms with Gasteiger partial charge in [0.05, 0.1) is 0 Å². The van der Waals surface area contributed by atoms with Crippen LogP contribution in [0.2, 0.25) is 0 Å². The van der Waals surface area contributed by atoms with Crippen molar-refractivity contribution >= 4 is 11.9 Å². The Morgan fingerprint density at radius 2 is 1.63 bits per heavy atom. The molecule has 0 aromatic heterocycles. The van der Waals surface area contributed by atoms with Gasteiger partial charge in [-0.15, -0.1) is 0 Å².